The van der Waals surface area contributed by atoms with Crippen LogP contribution in [0.1, 0.15) is 99.8 Å². The van der Waals surface area contributed by atoms with E-state index in [1.807, 2.05) is 20.8 Å². The Morgan fingerprint density at radius 3 is 2.32 bits per heavy atom. The van der Waals surface area contributed by atoms with Crippen LogP contribution in [-0.4, -0.2) is 34.5 Å². The fourth-order valence-electron chi connectivity index (χ4n) is 6.70. The van der Waals surface area contributed by atoms with Gasteiger partial charge in [-0.25, -0.2) is 0 Å². The van der Waals surface area contributed by atoms with Gasteiger partial charge in [0, 0.05) is 5.41 Å². The van der Waals surface area contributed by atoms with Crippen molar-refractivity contribution in [1.82, 2.24) is 0 Å². The van der Waals surface area contributed by atoms with Gasteiger partial charge in [0.15, 0.2) is 0 Å². The van der Waals surface area contributed by atoms with Crippen LogP contribution in [0, 0.1) is 17.3 Å². The molecule has 0 aliphatic heterocycles. The van der Waals surface area contributed by atoms with E-state index in [1.165, 1.54) is 22.3 Å². The van der Waals surface area contributed by atoms with Gasteiger partial charge in [-0.15, -0.1) is 0 Å². The number of rotatable bonds is 2. The van der Waals surface area contributed by atoms with Gasteiger partial charge in [0.1, 0.15) is 5.60 Å². The number of carbonyl (C=O) groups is 1. The number of carbonyl (C=O) groups excluding carboxylic acids is 1. The standard InChI is InChI=1S/C27H42O4/c1-25(2,3)30-22-11-10-21-23-19(12-13-27(21,22)7)18-9-8-17(28)14-16(18)15-20(23)24(29)31-26(4,5)6/h17,20-22,28H,8-15H2,1-7H3/t17?,20-,21-,22+,27+/m1/s1. The minimum atomic E-state index is -0.496. The Morgan fingerprint density at radius 2 is 1.68 bits per heavy atom. The highest BCUT2D eigenvalue weighted by Crippen LogP contribution is 2.61. The maximum Gasteiger partial charge on any atom is 0.313 e. The molecule has 1 fully saturated rings. The molecule has 4 nitrogen and oxygen atoms in total. The Labute approximate surface area is 188 Å². The molecule has 4 aliphatic rings. The number of hydrogen-bond donors (Lipinski definition) is 1. The van der Waals surface area contributed by atoms with Gasteiger partial charge in [0.25, 0.3) is 0 Å². The predicted octanol–water partition coefficient (Wildman–Crippen LogP) is 5.88. The molecule has 0 aromatic carbocycles. The van der Waals surface area contributed by atoms with Crippen molar-refractivity contribution in [2.75, 3.05) is 0 Å². The topological polar surface area (TPSA) is 55.8 Å². The van der Waals surface area contributed by atoms with Crippen molar-refractivity contribution >= 4 is 5.97 Å². The molecule has 4 heteroatoms. The zero-order chi connectivity index (χ0) is 22.8. The Hall–Kier alpha value is -1.13. The summed E-state index contributed by atoms with van der Waals surface area (Å²) < 4.78 is 12.5. The third-order valence-electron chi connectivity index (χ3n) is 7.90. The van der Waals surface area contributed by atoms with Crippen LogP contribution in [0.2, 0.25) is 0 Å². The van der Waals surface area contributed by atoms with E-state index >= 15 is 0 Å². The van der Waals surface area contributed by atoms with Crippen LogP contribution >= 0.6 is 0 Å². The number of esters is 1. The number of aliphatic hydroxyl groups excluding tert-OH is 1. The monoisotopic (exact) mass is 430 g/mol. The molecule has 0 amide bonds. The zero-order valence-corrected chi connectivity index (χ0v) is 20.6. The van der Waals surface area contributed by atoms with Gasteiger partial charge < -0.3 is 14.6 Å². The van der Waals surface area contributed by atoms with Crippen LogP contribution in [0.25, 0.3) is 0 Å². The Kier molecular flexibility index (Phi) is 5.74. The zero-order valence-electron chi connectivity index (χ0n) is 20.6. The average Bonchev–Trinajstić information content (AvgIpc) is 2.94. The van der Waals surface area contributed by atoms with E-state index in [2.05, 4.69) is 27.7 Å². The molecule has 174 valence electrons. The molecular weight excluding hydrogens is 388 g/mol. The fraction of sp³-hybridized carbons (Fsp3) is 0.815. The summed E-state index contributed by atoms with van der Waals surface area (Å²) in [6.45, 7) is 14.7. The molecule has 0 heterocycles. The Bertz CT molecular complexity index is 806. The summed E-state index contributed by atoms with van der Waals surface area (Å²) >= 11 is 0. The first kappa shape index (κ1) is 23.0. The smallest absolute Gasteiger partial charge is 0.313 e. The maximum atomic E-state index is 13.5. The van der Waals surface area contributed by atoms with Crippen molar-refractivity contribution in [3.05, 3.63) is 22.3 Å². The summed E-state index contributed by atoms with van der Waals surface area (Å²) in [4.78, 5) is 13.5. The number of aliphatic hydroxyl groups is 1. The van der Waals surface area contributed by atoms with Crippen LogP contribution in [-0.2, 0) is 14.3 Å². The van der Waals surface area contributed by atoms with E-state index < -0.39 is 5.60 Å². The van der Waals surface area contributed by atoms with Crippen molar-refractivity contribution in [2.24, 2.45) is 17.3 Å². The van der Waals surface area contributed by atoms with Crippen LogP contribution in [0.3, 0.4) is 0 Å². The van der Waals surface area contributed by atoms with E-state index in [0.717, 1.165) is 44.9 Å². The van der Waals surface area contributed by atoms with E-state index in [4.69, 9.17) is 9.47 Å². The number of fused-ring (bicyclic) bond motifs is 3. The number of allylic oxidation sites excluding steroid dienone is 2. The lowest BCUT2D eigenvalue weighted by molar-refractivity contribution is -0.159. The lowest BCUT2D eigenvalue weighted by atomic mass is 9.58. The van der Waals surface area contributed by atoms with Crippen molar-refractivity contribution in [1.29, 1.82) is 0 Å². The van der Waals surface area contributed by atoms with Gasteiger partial charge in [0.05, 0.1) is 23.7 Å². The summed E-state index contributed by atoms with van der Waals surface area (Å²) in [5.41, 5.74) is 4.97. The van der Waals surface area contributed by atoms with Crippen molar-refractivity contribution in [3.63, 3.8) is 0 Å². The second-order valence-electron chi connectivity index (χ2n) is 12.6. The third kappa shape index (κ3) is 4.39. The van der Waals surface area contributed by atoms with E-state index in [9.17, 15) is 9.90 Å². The molecule has 4 rings (SSSR count). The molecule has 4 aliphatic carbocycles. The molecule has 0 radical (unpaired) electrons. The molecule has 5 atom stereocenters. The fourth-order valence-corrected chi connectivity index (χ4v) is 6.70. The van der Waals surface area contributed by atoms with Crippen molar-refractivity contribution in [2.45, 2.75) is 123 Å². The molecule has 1 saturated carbocycles. The second kappa shape index (κ2) is 7.73. The molecule has 1 unspecified atom stereocenters. The van der Waals surface area contributed by atoms with Gasteiger partial charge in [-0.05, 0) is 116 Å². The molecule has 0 aromatic heterocycles. The SMILES string of the molecule is CC(C)(C)OC(=O)[C@@H]1CC2=C(CCC(O)C2)C2=C1[C@H]1CC[C@H](OC(C)(C)C)[C@@]1(C)CC2. The van der Waals surface area contributed by atoms with Crippen LogP contribution in [0.4, 0.5) is 0 Å². The van der Waals surface area contributed by atoms with Crippen LogP contribution in [0.15, 0.2) is 22.3 Å². The molecule has 0 bridgehead atoms. The van der Waals surface area contributed by atoms with Crippen LogP contribution < -0.4 is 0 Å². The number of ether oxygens (including phenoxy) is 2. The summed E-state index contributed by atoms with van der Waals surface area (Å²) in [6.07, 6.45) is 7.44. The summed E-state index contributed by atoms with van der Waals surface area (Å²) in [5.74, 6) is 0.0781. The quantitative estimate of drug-likeness (QED) is 0.556. The minimum absolute atomic E-state index is 0.0681. The maximum absolute atomic E-state index is 13.5. The first-order chi connectivity index (χ1) is 14.3. The molecule has 0 spiro atoms. The molecule has 0 aromatic rings. The minimum Gasteiger partial charge on any atom is -0.459 e. The largest absolute Gasteiger partial charge is 0.459 e. The van der Waals surface area contributed by atoms with Gasteiger partial charge in [-0.2, -0.15) is 0 Å². The second-order valence-corrected chi connectivity index (χ2v) is 12.6. The van der Waals surface area contributed by atoms with Crippen molar-refractivity contribution < 1.29 is 19.4 Å². The highest BCUT2D eigenvalue weighted by atomic mass is 16.6. The normalized spacial score (nSPS) is 36.1. The molecule has 1 N–H and O–H groups in total. The summed E-state index contributed by atoms with van der Waals surface area (Å²) in [6, 6.07) is 0. The highest BCUT2D eigenvalue weighted by molar-refractivity contribution is 5.79. The summed E-state index contributed by atoms with van der Waals surface area (Å²) in [7, 11) is 0. The lowest BCUT2D eigenvalue weighted by Crippen LogP contribution is -2.45. The van der Waals surface area contributed by atoms with Gasteiger partial charge >= 0.3 is 5.97 Å². The van der Waals surface area contributed by atoms with Gasteiger partial charge in [0.2, 0.25) is 0 Å². The van der Waals surface area contributed by atoms with Gasteiger partial charge in [-0.1, -0.05) is 12.5 Å². The average molecular weight is 431 g/mol. The van der Waals surface area contributed by atoms with Crippen molar-refractivity contribution in [3.8, 4) is 0 Å². The number of hydrogen-bond acceptors (Lipinski definition) is 4. The van der Waals surface area contributed by atoms with E-state index in [1.54, 1.807) is 0 Å². The Balaban J connectivity index is 1.74. The molecule has 0 saturated heterocycles. The first-order valence-corrected chi connectivity index (χ1v) is 12.3. The van der Waals surface area contributed by atoms with Gasteiger partial charge in [-0.3, -0.25) is 4.79 Å². The first-order valence-electron chi connectivity index (χ1n) is 12.3. The predicted molar refractivity (Wildman–Crippen MR) is 123 cm³/mol. The van der Waals surface area contributed by atoms with E-state index in [0.29, 0.717) is 12.3 Å². The Morgan fingerprint density at radius 1 is 0.968 bits per heavy atom. The molecule has 31 heavy (non-hydrogen) atoms. The summed E-state index contributed by atoms with van der Waals surface area (Å²) in [5, 5.41) is 10.3. The third-order valence-corrected chi connectivity index (χ3v) is 7.90. The van der Waals surface area contributed by atoms with E-state index in [-0.39, 0.29) is 35.1 Å². The highest BCUT2D eigenvalue weighted by Gasteiger charge is 2.55. The lowest BCUT2D eigenvalue weighted by Gasteiger charge is -2.48. The molecular formula is C27H42O4. The van der Waals surface area contributed by atoms with Crippen LogP contribution in [0.5, 0.6) is 0 Å².